The normalized spacial score (nSPS) is 25.8. The fourth-order valence-electron chi connectivity index (χ4n) is 4.25. The van der Waals surface area contributed by atoms with E-state index in [4.69, 9.17) is 4.74 Å². The molecule has 2 aliphatic rings. The van der Waals surface area contributed by atoms with Crippen molar-refractivity contribution in [1.82, 2.24) is 19.8 Å². The lowest BCUT2D eigenvalue weighted by Gasteiger charge is -2.36. The summed E-state index contributed by atoms with van der Waals surface area (Å²) in [4.78, 5) is 29.8. The van der Waals surface area contributed by atoms with Crippen LogP contribution in [0, 0.1) is 5.92 Å². The van der Waals surface area contributed by atoms with E-state index in [0.717, 1.165) is 37.2 Å². The minimum atomic E-state index is -0.168. The average Bonchev–Trinajstić information content (AvgIpc) is 3.18. The van der Waals surface area contributed by atoms with Gasteiger partial charge >= 0.3 is 5.69 Å². The molecule has 0 radical (unpaired) electrons. The van der Waals surface area contributed by atoms with Gasteiger partial charge < -0.3 is 15.0 Å². The fourth-order valence-corrected chi connectivity index (χ4v) is 4.25. The molecule has 2 saturated heterocycles. The van der Waals surface area contributed by atoms with Gasteiger partial charge in [-0.2, -0.15) is 0 Å². The Labute approximate surface area is 158 Å². The van der Waals surface area contributed by atoms with E-state index in [1.807, 2.05) is 24.3 Å². The number of nitrogens with zero attached hydrogens (tertiary/aromatic N) is 2. The van der Waals surface area contributed by atoms with Crippen LogP contribution in [0.2, 0.25) is 0 Å². The molecular formula is C20H28N4O3. The molecule has 0 saturated carbocycles. The molecule has 0 spiro atoms. The number of benzene rings is 1. The molecule has 2 aromatic rings. The van der Waals surface area contributed by atoms with Crippen LogP contribution in [-0.4, -0.2) is 58.2 Å². The third-order valence-corrected chi connectivity index (χ3v) is 5.80. The average molecular weight is 372 g/mol. The molecule has 2 fully saturated rings. The molecule has 3 atom stereocenters. The van der Waals surface area contributed by atoms with Gasteiger partial charge in [-0.1, -0.05) is 26.0 Å². The van der Waals surface area contributed by atoms with Crippen molar-refractivity contribution in [3.05, 3.63) is 34.7 Å². The van der Waals surface area contributed by atoms with Crippen LogP contribution in [0.25, 0.3) is 11.0 Å². The van der Waals surface area contributed by atoms with Crippen molar-refractivity contribution in [2.45, 2.75) is 51.4 Å². The van der Waals surface area contributed by atoms with Gasteiger partial charge in [-0.25, -0.2) is 4.79 Å². The summed E-state index contributed by atoms with van der Waals surface area (Å²) >= 11 is 0. The Bertz CT molecular complexity index is 871. The van der Waals surface area contributed by atoms with Gasteiger partial charge in [-0.3, -0.25) is 14.3 Å². The molecule has 7 heteroatoms. The second-order valence-corrected chi connectivity index (χ2v) is 8.07. The summed E-state index contributed by atoms with van der Waals surface area (Å²) in [5, 5.41) is 3.15. The van der Waals surface area contributed by atoms with Crippen LogP contribution in [-0.2, 0) is 16.1 Å². The lowest BCUT2D eigenvalue weighted by Crippen LogP contribution is -2.48. The number of ether oxygens (including phenoxy) is 1. The first-order valence-corrected chi connectivity index (χ1v) is 9.84. The van der Waals surface area contributed by atoms with Gasteiger partial charge in [0, 0.05) is 38.1 Å². The van der Waals surface area contributed by atoms with Crippen LogP contribution in [0.5, 0.6) is 0 Å². The minimum absolute atomic E-state index is 0.00152. The SMILES string of the molecule is CC(C)[C@H]1CN2C[C@@H](NC(=O)CCn3c(=O)[nH]c4ccccc43)C[C@H]2CO1. The summed E-state index contributed by atoms with van der Waals surface area (Å²) in [7, 11) is 0. The number of para-hydroxylation sites is 2. The van der Waals surface area contributed by atoms with Gasteiger partial charge in [-0.15, -0.1) is 0 Å². The summed E-state index contributed by atoms with van der Waals surface area (Å²) in [6, 6.07) is 8.11. The number of imidazole rings is 1. The number of aryl methyl sites for hydroxylation is 1. The quantitative estimate of drug-likeness (QED) is 0.830. The summed E-state index contributed by atoms with van der Waals surface area (Å²) < 4.78 is 7.59. The van der Waals surface area contributed by atoms with Crippen molar-refractivity contribution in [2.24, 2.45) is 5.92 Å². The Balaban J connectivity index is 1.31. The Morgan fingerprint density at radius 1 is 1.33 bits per heavy atom. The van der Waals surface area contributed by atoms with Crippen molar-refractivity contribution in [1.29, 1.82) is 0 Å². The third kappa shape index (κ3) is 3.80. The van der Waals surface area contributed by atoms with Crippen LogP contribution in [0.15, 0.2) is 29.1 Å². The molecule has 1 aromatic heterocycles. The number of carbonyl (C=O) groups excluding carboxylic acids is 1. The number of aromatic nitrogens is 2. The molecule has 0 unspecified atom stereocenters. The fraction of sp³-hybridized carbons (Fsp3) is 0.600. The van der Waals surface area contributed by atoms with E-state index >= 15 is 0 Å². The number of aromatic amines is 1. The van der Waals surface area contributed by atoms with Gasteiger partial charge in [0.2, 0.25) is 5.91 Å². The zero-order chi connectivity index (χ0) is 19.0. The maximum absolute atomic E-state index is 12.4. The highest BCUT2D eigenvalue weighted by molar-refractivity contribution is 5.77. The lowest BCUT2D eigenvalue weighted by molar-refractivity contribution is -0.121. The predicted octanol–water partition coefficient (Wildman–Crippen LogP) is 1.33. The van der Waals surface area contributed by atoms with E-state index in [2.05, 4.69) is 29.0 Å². The molecule has 4 rings (SSSR count). The molecular weight excluding hydrogens is 344 g/mol. The van der Waals surface area contributed by atoms with Crippen LogP contribution in [0.3, 0.4) is 0 Å². The number of hydrogen-bond donors (Lipinski definition) is 2. The van der Waals surface area contributed by atoms with E-state index in [1.165, 1.54) is 0 Å². The monoisotopic (exact) mass is 372 g/mol. The number of nitrogens with one attached hydrogen (secondary N) is 2. The van der Waals surface area contributed by atoms with Crippen LogP contribution >= 0.6 is 0 Å². The summed E-state index contributed by atoms with van der Waals surface area (Å²) in [5.41, 5.74) is 1.47. The molecule has 146 valence electrons. The Hall–Kier alpha value is -2.12. The Kier molecular flexibility index (Phi) is 5.06. The topological polar surface area (TPSA) is 79.4 Å². The Morgan fingerprint density at radius 2 is 2.15 bits per heavy atom. The number of amides is 1. The summed E-state index contributed by atoms with van der Waals surface area (Å²) in [6.07, 6.45) is 1.52. The van der Waals surface area contributed by atoms with Crippen molar-refractivity contribution in [3.63, 3.8) is 0 Å². The van der Waals surface area contributed by atoms with E-state index in [9.17, 15) is 9.59 Å². The first-order chi connectivity index (χ1) is 13.0. The number of morpholine rings is 1. The first kappa shape index (κ1) is 18.3. The number of fused-ring (bicyclic) bond motifs is 2. The molecule has 2 aliphatic heterocycles. The highest BCUT2D eigenvalue weighted by atomic mass is 16.5. The molecule has 0 bridgehead atoms. The maximum Gasteiger partial charge on any atom is 0.326 e. The van der Waals surface area contributed by atoms with E-state index in [1.54, 1.807) is 4.57 Å². The van der Waals surface area contributed by atoms with Gasteiger partial charge in [-0.05, 0) is 24.5 Å². The summed E-state index contributed by atoms with van der Waals surface area (Å²) in [5.74, 6) is 0.507. The zero-order valence-electron chi connectivity index (χ0n) is 16.0. The maximum atomic E-state index is 12.4. The minimum Gasteiger partial charge on any atom is -0.375 e. The van der Waals surface area contributed by atoms with Crippen LogP contribution in [0.1, 0.15) is 26.7 Å². The molecule has 1 amide bonds. The number of hydrogen-bond acceptors (Lipinski definition) is 4. The number of rotatable bonds is 5. The molecule has 0 aliphatic carbocycles. The van der Waals surface area contributed by atoms with Crippen LogP contribution < -0.4 is 11.0 Å². The molecule has 7 nitrogen and oxygen atoms in total. The van der Waals surface area contributed by atoms with E-state index in [0.29, 0.717) is 24.9 Å². The highest BCUT2D eigenvalue weighted by Gasteiger charge is 2.38. The second kappa shape index (κ2) is 7.48. The molecule has 27 heavy (non-hydrogen) atoms. The highest BCUT2D eigenvalue weighted by Crippen LogP contribution is 2.25. The Morgan fingerprint density at radius 3 is 2.96 bits per heavy atom. The van der Waals surface area contributed by atoms with Crippen molar-refractivity contribution in [2.75, 3.05) is 19.7 Å². The van der Waals surface area contributed by atoms with Crippen molar-refractivity contribution >= 4 is 16.9 Å². The van der Waals surface area contributed by atoms with Crippen molar-refractivity contribution < 1.29 is 9.53 Å². The van der Waals surface area contributed by atoms with Gasteiger partial charge in [0.05, 0.1) is 23.7 Å². The zero-order valence-corrected chi connectivity index (χ0v) is 16.0. The van der Waals surface area contributed by atoms with Crippen molar-refractivity contribution in [3.8, 4) is 0 Å². The van der Waals surface area contributed by atoms with Gasteiger partial charge in [0.1, 0.15) is 0 Å². The molecule has 2 N–H and O–H groups in total. The largest absolute Gasteiger partial charge is 0.375 e. The standard InChI is InChI=1S/C20H28N4O3/c1-13(2)18-11-23-10-14(9-15(23)12-27-18)21-19(25)7-8-24-17-6-4-3-5-16(17)22-20(24)26/h3-6,13-15,18H,7-12H2,1-2H3,(H,21,25)(H,22,26)/t14-,15-,18+/m0/s1. The van der Waals surface area contributed by atoms with Gasteiger partial charge in [0.25, 0.3) is 0 Å². The number of H-pyrrole nitrogens is 1. The first-order valence-electron chi connectivity index (χ1n) is 9.84. The van der Waals surface area contributed by atoms with Gasteiger partial charge in [0.15, 0.2) is 0 Å². The van der Waals surface area contributed by atoms with E-state index in [-0.39, 0.29) is 23.7 Å². The second-order valence-electron chi connectivity index (χ2n) is 8.07. The predicted molar refractivity (Wildman–Crippen MR) is 104 cm³/mol. The summed E-state index contributed by atoms with van der Waals surface area (Å²) in [6.45, 7) is 7.34. The van der Waals surface area contributed by atoms with E-state index < -0.39 is 0 Å². The number of carbonyl (C=O) groups is 1. The lowest BCUT2D eigenvalue weighted by atomic mass is 10.0. The molecule has 1 aromatic carbocycles. The van der Waals surface area contributed by atoms with Crippen LogP contribution in [0.4, 0.5) is 0 Å². The third-order valence-electron chi connectivity index (χ3n) is 5.80. The smallest absolute Gasteiger partial charge is 0.326 e. The molecule has 3 heterocycles.